The van der Waals surface area contributed by atoms with Crippen molar-refractivity contribution < 1.29 is 13.0 Å². The van der Waals surface area contributed by atoms with Crippen molar-refractivity contribution in [3.8, 4) is 0 Å². The Bertz CT molecular complexity index is 359. The maximum absolute atomic E-state index is 10.6. The molecule has 0 amide bonds. The second-order valence-corrected chi connectivity index (χ2v) is 3.91. The maximum atomic E-state index is 10.6. The Hall–Kier alpha value is -0.590. The van der Waals surface area contributed by atoms with Crippen LogP contribution in [0.3, 0.4) is 0 Å². The highest BCUT2D eigenvalue weighted by Crippen LogP contribution is 2.14. The molecule has 1 aromatic rings. The predicted molar refractivity (Wildman–Crippen MR) is 48.8 cm³/mol. The molecule has 2 N–H and O–H groups in total. The van der Waals surface area contributed by atoms with Gasteiger partial charge in [-0.2, -0.15) is 8.42 Å². The number of rotatable bonds is 2. The molecule has 12 heavy (non-hydrogen) atoms. The highest BCUT2D eigenvalue weighted by atomic mass is 79.9. The number of anilines is 1. The fraction of sp³-hybridized carbons (Fsp3) is 0. The summed E-state index contributed by atoms with van der Waals surface area (Å²) in [6.07, 6.45) is 0. The highest BCUT2D eigenvalue weighted by molar-refractivity contribution is 9.10. The van der Waals surface area contributed by atoms with Crippen LogP contribution in [0, 0.1) is 0 Å². The van der Waals surface area contributed by atoms with Crippen LogP contribution in [0.1, 0.15) is 0 Å². The summed E-state index contributed by atoms with van der Waals surface area (Å²) in [5.74, 6) is 0. The van der Waals surface area contributed by atoms with Gasteiger partial charge in [0.2, 0.25) is 0 Å². The molecule has 0 radical (unpaired) electrons. The minimum absolute atomic E-state index is 0.117. The largest absolute Gasteiger partial charge is 0.322 e. The summed E-state index contributed by atoms with van der Waals surface area (Å²) < 4.78 is 32.3. The van der Waals surface area contributed by atoms with E-state index in [9.17, 15) is 8.42 Å². The van der Waals surface area contributed by atoms with Crippen LogP contribution in [-0.2, 0) is 10.1 Å². The monoisotopic (exact) mass is 251 g/mol. The van der Waals surface area contributed by atoms with Crippen molar-refractivity contribution in [2.24, 2.45) is 0 Å². The molecular formula is C6H6BrNO3S. The van der Waals surface area contributed by atoms with Crippen LogP contribution in [0.25, 0.3) is 0 Å². The summed E-state index contributed by atoms with van der Waals surface area (Å²) >= 11 is 2.97. The quantitative estimate of drug-likeness (QED) is 0.620. The van der Waals surface area contributed by atoms with Gasteiger partial charge in [0, 0.05) is 21.8 Å². The normalized spacial score (nSPS) is 11.2. The molecule has 0 spiro atoms. The Morgan fingerprint density at radius 1 is 1.25 bits per heavy atom. The number of halogens is 1. The minimum Gasteiger partial charge on any atom is -0.322 e. The summed E-state index contributed by atoms with van der Waals surface area (Å²) in [6, 6.07) is 5.66. The molecule has 0 heterocycles. The topological polar surface area (TPSA) is 66.4 Å². The molecule has 0 bridgehead atoms. The molecular weight excluding hydrogens is 246 g/mol. The Morgan fingerprint density at radius 3 is 2.08 bits per heavy atom. The molecule has 0 aliphatic carbocycles. The molecule has 0 aliphatic rings. The van der Waals surface area contributed by atoms with Crippen molar-refractivity contribution in [1.82, 2.24) is 0 Å². The van der Waals surface area contributed by atoms with E-state index in [2.05, 4.69) is 20.5 Å². The number of benzene rings is 1. The van der Waals surface area contributed by atoms with E-state index in [0.29, 0.717) is 5.69 Å². The third-order valence-electron chi connectivity index (χ3n) is 1.26. The molecule has 1 rings (SSSR count). The zero-order valence-electron chi connectivity index (χ0n) is 5.86. The zero-order chi connectivity index (χ0) is 9.19. The predicted octanol–water partition coefficient (Wildman–Crippen LogP) is 1.66. The van der Waals surface area contributed by atoms with E-state index in [1.807, 2.05) is 0 Å². The molecule has 4 nitrogen and oxygen atoms in total. The average molecular weight is 252 g/mol. The van der Waals surface area contributed by atoms with Crippen LogP contribution in [0.15, 0.2) is 29.2 Å². The Kier molecular flexibility index (Phi) is 2.71. The molecule has 0 saturated carbocycles. The van der Waals surface area contributed by atoms with Gasteiger partial charge in [-0.05, 0) is 24.3 Å². The van der Waals surface area contributed by atoms with Gasteiger partial charge in [-0.15, -0.1) is 0 Å². The van der Waals surface area contributed by atoms with Crippen LogP contribution >= 0.6 is 16.1 Å². The second kappa shape index (κ2) is 3.42. The molecule has 0 aromatic heterocycles. The van der Waals surface area contributed by atoms with Crippen LogP contribution in [0.4, 0.5) is 5.69 Å². The van der Waals surface area contributed by atoms with Gasteiger partial charge in [-0.25, -0.2) is 0 Å². The average Bonchev–Trinajstić information content (AvgIpc) is 2.03. The van der Waals surface area contributed by atoms with Crippen molar-refractivity contribution in [2.45, 2.75) is 4.90 Å². The van der Waals surface area contributed by atoms with Crippen molar-refractivity contribution in [3.63, 3.8) is 0 Å². The lowest BCUT2D eigenvalue weighted by Crippen LogP contribution is -1.97. The van der Waals surface area contributed by atoms with Crippen molar-refractivity contribution in [1.29, 1.82) is 0 Å². The van der Waals surface area contributed by atoms with E-state index in [1.165, 1.54) is 24.3 Å². The van der Waals surface area contributed by atoms with E-state index < -0.39 is 10.1 Å². The van der Waals surface area contributed by atoms with Crippen LogP contribution in [-0.4, -0.2) is 13.0 Å². The fourth-order valence-electron chi connectivity index (χ4n) is 0.690. The van der Waals surface area contributed by atoms with Gasteiger partial charge < -0.3 is 4.34 Å². The lowest BCUT2D eigenvalue weighted by atomic mass is 10.3. The Balaban J connectivity index is 3.09. The van der Waals surface area contributed by atoms with Crippen molar-refractivity contribution in [2.75, 3.05) is 4.34 Å². The molecule has 0 unspecified atom stereocenters. The summed E-state index contributed by atoms with van der Waals surface area (Å²) in [7, 11) is -4.07. The first-order valence-electron chi connectivity index (χ1n) is 2.98. The second-order valence-electron chi connectivity index (χ2n) is 2.09. The molecule has 0 atom stereocenters. The third-order valence-corrected chi connectivity index (χ3v) is 2.59. The number of hydrogen-bond acceptors (Lipinski definition) is 3. The lowest BCUT2D eigenvalue weighted by Gasteiger charge is -1.98. The SMILES string of the molecule is O=S(=O)(O)c1ccc(NBr)cc1. The molecule has 0 saturated heterocycles. The van der Waals surface area contributed by atoms with Crippen LogP contribution in [0.5, 0.6) is 0 Å². The highest BCUT2D eigenvalue weighted by Gasteiger charge is 2.07. The first kappa shape index (κ1) is 9.50. The van der Waals surface area contributed by atoms with E-state index >= 15 is 0 Å². The van der Waals surface area contributed by atoms with Crippen LogP contribution in [0.2, 0.25) is 0 Å². The Labute approximate surface area is 78.7 Å². The minimum atomic E-state index is -4.07. The van der Waals surface area contributed by atoms with Crippen LogP contribution < -0.4 is 4.34 Å². The van der Waals surface area contributed by atoms with Gasteiger partial charge in [0.15, 0.2) is 0 Å². The van der Waals surface area contributed by atoms with Gasteiger partial charge in [0.1, 0.15) is 0 Å². The summed E-state index contributed by atoms with van der Waals surface area (Å²) in [6.45, 7) is 0. The van der Waals surface area contributed by atoms with E-state index in [-0.39, 0.29) is 4.90 Å². The van der Waals surface area contributed by atoms with E-state index in [4.69, 9.17) is 4.55 Å². The molecule has 1 aromatic carbocycles. The molecule has 0 aliphatic heterocycles. The zero-order valence-corrected chi connectivity index (χ0v) is 8.26. The number of hydrogen-bond donors (Lipinski definition) is 2. The van der Waals surface area contributed by atoms with E-state index in [1.54, 1.807) is 0 Å². The third kappa shape index (κ3) is 2.20. The standard InChI is InChI=1S/C6H6BrNO3S/c7-8-5-1-3-6(4-2-5)12(9,10)11/h1-4,8H,(H,9,10,11). The molecule has 66 valence electrons. The molecule has 6 heteroatoms. The summed E-state index contributed by atoms with van der Waals surface area (Å²) in [4.78, 5) is -0.117. The Morgan fingerprint density at radius 2 is 1.75 bits per heavy atom. The maximum Gasteiger partial charge on any atom is 0.294 e. The summed E-state index contributed by atoms with van der Waals surface area (Å²) in [5, 5.41) is 0. The van der Waals surface area contributed by atoms with Gasteiger partial charge in [-0.1, -0.05) is 0 Å². The fourth-order valence-corrected chi connectivity index (χ4v) is 1.43. The first-order valence-corrected chi connectivity index (χ1v) is 5.21. The van der Waals surface area contributed by atoms with Crippen molar-refractivity contribution in [3.05, 3.63) is 24.3 Å². The number of nitrogens with one attached hydrogen (secondary N) is 1. The van der Waals surface area contributed by atoms with Gasteiger partial charge in [0.25, 0.3) is 10.1 Å². The lowest BCUT2D eigenvalue weighted by molar-refractivity contribution is 0.483. The van der Waals surface area contributed by atoms with Gasteiger partial charge in [-0.3, -0.25) is 4.55 Å². The summed E-state index contributed by atoms with van der Waals surface area (Å²) in [5.41, 5.74) is 0.711. The first-order chi connectivity index (χ1) is 5.54. The molecule has 0 fully saturated rings. The van der Waals surface area contributed by atoms with E-state index in [0.717, 1.165) is 0 Å². The van der Waals surface area contributed by atoms with Crippen molar-refractivity contribution >= 4 is 32.0 Å². The smallest absolute Gasteiger partial charge is 0.294 e. The van der Waals surface area contributed by atoms with Gasteiger partial charge in [0.05, 0.1) is 4.90 Å². The van der Waals surface area contributed by atoms with Gasteiger partial charge >= 0.3 is 0 Å².